The molecule has 0 aliphatic heterocycles. The molecule has 0 aliphatic carbocycles. The van der Waals surface area contributed by atoms with Crippen LogP contribution in [-0.2, 0) is 15.8 Å². The lowest BCUT2D eigenvalue weighted by Crippen LogP contribution is -2.31. The third kappa shape index (κ3) is 3.58. The molecule has 5 nitrogen and oxygen atoms in total. The SMILES string of the molecule is CCN(c1ccncc1)S(=O)(=O)Cc1ccc(C#N)cc1. The smallest absolute Gasteiger partial charge is 0.239 e. The molecule has 0 saturated heterocycles. The summed E-state index contributed by atoms with van der Waals surface area (Å²) < 4.78 is 26.4. The van der Waals surface area contributed by atoms with E-state index in [-0.39, 0.29) is 5.75 Å². The van der Waals surface area contributed by atoms with E-state index in [1.54, 1.807) is 55.7 Å². The molecule has 1 heterocycles. The average molecular weight is 301 g/mol. The minimum Gasteiger partial charge on any atom is -0.270 e. The molecule has 0 aliphatic rings. The van der Waals surface area contributed by atoms with Crippen LogP contribution in [0.25, 0.3) is 0 Å². The van der Waals surface area contributed by atoms with Gasteiger partial charge in [-0.15, -0.1) is 0 Å². The summed E-state index contributed by atoms with van der Waals surface area (Å²) in [7, 11) is -3.48. The van der Waals surface area contributed by atoms with Crippen molar-refractivity contribution in [2.75, 3.05) is 10.8 Å². The van der Waals surface area contributed by atoms with Gasteiger partial charge in [0.2, 0.25) is 10.0 Å². The van der Waals surface area contributed by atoms with Crippen LogP contribution in [0.15, 0.2) is 48.8 Å². The number of hydrogen-bond acceptors (Lipinski definition) is 4. The molecule has 0 spiro atoms. The number of aromatic nitrogens is 1. The van der Waals surface area contributed by atoms with E-state index in [0.29, 0.717) is 23.4 Å². The van der Waals surface area contributed by atoms with Gasteiger partial charge in [0.15, 0.2) is 0 Å². The highest BCUT2D eigenvalue weighted by Gasteiger charge is 2.21. The molecule has 0 fully saturated rings. The first-order valence-corrected chi connectivity index (χ1v) is 8.07. The molecule has 2 aromatic rings. The van der Waals surface area contributed by atoms with E-state index in [1.165, 1.54) is 4.31 Å². The predicted octanol–water partition coefficient (Wildman–Crippen LogP) is 2.31. The third-order valence-electron chi connectivity index (χ3n) is 3.01. The normalized spacial score (nSPS) is 10.9. The molecule has 1 aromatic carbocycles. The van der Waals surface area contributed by atoms with Crippen molar-refractivity contribution >= 4 is 15.7 Å². The second-order valence-corrected chi connectivity index (χ2v) is 6.33. The minimum atomic E-state index is -3.48. The summed E-state index contributed by atoms with van der Waals surface area (Å²) in [6, 6.07) is 11.9. The number of nitriles is 1. The fourth-order valence-corrected chi connectivity index (χ4v) is 3.62. The van der Waals surface area contributed by atoms with Gasteiger partial charge < -0.3 is 0 Å². The summed E-state index contributed by atoms with van der Waals surface area (Å²) in [6.45, 7) is 2.14. The maximum Gasteiger partial charge on any atom is 0.239 e. The Balaban J connectivity index is 2.26. The molecule has 0 atom stereocenters. The van der Waals surface area contributed by atoms with E-state index >= 15 is 0 Å². The Morgan fingerprint density at radius 2 is 1.76 bits per heavy atom. The number of pyridine rings is 1. The van der Waals surface area contributed by atoms with Gasteiger partial charge >= 0.3 is 0 Å². The van der Waals surface area contributed by atoms with Crippen molar-refractivity contribution in [1.29, 1.82) is 5.26 Å². The van der Waals surface area contributed by atoms with Crippen LogP contribution in [0.1, 0.15) is 18.1 Å². The molecule has 0 bridgehead atoms. The number of nitrogens with zero attached hydrogens (tertiary/aromatic N) is 3. The zero-order valence-corrected chi connectivity index (χ0v) is 12.4. The van der Waals surface area contributed by atoms with Gasteiger partial charge in [-0.3, -0.25) is 9.29 Å². The summed E-state index contributed by atoms with van der Waals surface area (Å²) in [6.07, 6.45) is 3.13. The van der Waals surface area contributed by atoms with Crippen molar-refractivity contribution in [2.24, 2.45) is 0 Å². The molecule has 21 heavy (non-hydrogen) atoms. The fourth-order valence-electron chi connectivity index (χ4n) is 2.01. The minimum absolute atomic E-state index is 0.102. The third-order valence-corrected chi connectivity index (χ3v) is 4.84. The molecule has 0 unspecified atom stereocenters. The van der Waals surface area contributed by atoms with Crippen LogP contribution in [0, 0.1) is 11.3 Å². The number of anilines is 1. The first-order valence-electron chi connectivity index (χ1n) is 6.46. The predicted molar refractivity (Wildman–Crippen MR) is 81.0 cm³/mol. The zero-order chi connectivity index (χ0) is 15.3. The lowest BCUT2D eigenvalue weighted by molar-refractivity contribution is 0.591. The molecule has 0 saturated carbocycles. The van der Waals surface area contributed by atoms with E-state index in [4.69, 9.17) is 5.26 Å². The Morgan fingerprint density at radius 3 is 2.29 bits per heavy atom. The Labute approximate surface area is 124 Å². The number of benzene rings is 1. The molecule has 0 amide bonds. The van der Waals surface area contributed by atoms with Gasteiger partial charge in [0.25, 0.3) is 0 Å². The molecule has 1 aromatic heterocycles. The van der Waals surface area contributed by atoms with Crippen LogP contribution in [0.4, 0.5) is 5.69 Å². The average Bonchev–Trinajstić information content (AvgIpc) is 2.49. The summed E-state index contributed by atoms with van der Waals surface area (Å²) in [4.78, 5) is 3.90. The zero-order valence-electron chi connectivity index (χ0n) is 11.6. The highest BCUT2D eigenvalue weighted by Crippen LogP contribution is 2.19. The quantitative estimate of drug-likeness (QED) is 0.849. The van der Waals surface area contributed by atoms with E-state index in [1.807, 2.05) is 6.07 Å². The van der Waals surface area contributed by atoms with Gasteiger partial charge in [-0.1, -0.05) is 12.1 Å². The maximum atomic E-state index is 12.5. The maximum absolute atomic E-state index is 12.5. The van der Waals surface area contributed by atoms with Crippen molar-refractivity contribution < 1.29 is 8.42 Å². The largest absolute Gasteiger partial charge is 0.270 e. The molecule has 6 heteroatoms. The van der Waals surface area contributed by atoms with Gasteiger partial charge in [0, 0.05) is 18.9 Å². The standard InChI is InChI=1S/C15H15N3O2S/c1-2-18(15-7-9-17-10-8-15)21(19,20)12-14-5-3-13(11-16)4-6-14/h3-10H,2,12H2,1H3. The number of sulfonamides is 1. The van der Waals surface area contributed by atoms with Gasteiger partial charge in [-0.2, -0.15) is 5.26 Å². The first kappa shape index (κ1) is 15.0. The molecular formula is C15H15N3O2S. The van der Waals surface area contributed by atoms with Gasteiger partial charge in [0.1, 0.15) is 0 Å². The van der Waals surface area contributed by atoms with Crippen LogP contribution in [0.2, 0.25) is 0 Å². The van der Waals surface area contributed by atoms with Gasteiger partial charge in [-0.25, -0.2) is 8.42 Å². The second kappa shape index (κ2) is 6.37. The van der Waals surface area contributed by atoms with Crippen molar-refractivity contribution in [3.63, 3.8) is 0 Å². The Bertz CT molecular complexity index is 735. The van der Waals surface area contributed by atoms with Crippen LogP contribution < -0.4 is 4.31 Å². The molecule has 0 radical (unpaired) electrons. The van der Waals surface area contributed by atoms with Crippen LogP contribution in [0.5, 0.6) is 0 Å². The summed E-state index contributed by atoms with van der Waals surface area (Å²) in [5.74, 6) is -0.102. The van der Waals surface area contributed by atoms with Crippen LogP contribution >= 0.6 is 0 Å². The topological polar surface area (TPSA) is 74.1 Å². The number of hydrogen-bond donors (Lipinski definition) is 0. The summed E-state index contributed by atoms with van der Waals surface area (Å²) >= 11 is 0. The highest BCUT2D eigenvalue weighted by atomic mass is 32.2. The molecular weight excluding hydrogens is 286 g/mol. The highest BCUT2D eigenvalue weighted by molar-refractivity contribution is 7.92. The van der Waals surface area contributed by atoms with E-state index in [9.17, 15) is 8.42 Å². The van der Waals surface area contributed by atoms with Crippen LogP contribution in [-0.4, -0.2) is 19.9 Å². The summed E-state index contributed by atoms with van der Waals surface area (Å²) in [5, 5.41) is 8.75. The van der Waals surface area contributed by atoms with E-state index in [2.05, 4.69) is 4.98 Å². The Kier molecular flexibility index (Phi) is 4.55. The Hall–Kier alpha value is -2.39. The lowest BCUT2D eigenvalue weighted by atomic mass is 10.2. The molecule has 0 N–H and O–H groups in total. The lowest BCUT2D eigenvalue weighted by Gasteiger charge is -2.22. The number of rotatable bonds is 5. The fraction of sp³-hybridized carbons (Fsp3) is 0.200. The van der Waals surface area contributed by atoms with Gasteiger partial charge in [0.05, 0.1) is 23.1 Å². The molecule has 2 rings (SSSR count). The van der Waals surface area contributed by atoms with Crippen molar-refractivity contribution in [3.05, 3.63) is 59.9 Å². The van der Waals surface area contributed by atoms with Crippen LogP contribution in [0.3, 0.4) is 0 Å². The van der Waals surface area contributed by atoms with E-state index in [0.717, 1.165) is 0 Å². The second-order valence-electron chi connectivity index (χ2n) is 4.44. The monoisotopic (exact) mass is 301 g/mol. The van der Waals surface area contributed by atoms with Crippen molar-refractivity contribution in [1.82, 2.24) is 4.98 Å². The summed E-state index contributed by atoms with van der Waals surface area (Å²) in [5.41, 5.74) is 1.76. The van der Waals surface area contributed by atoms with Gasteiger partial charge in [-0.05, 0) is 36.8 Å². The van der Waals surface area contributed by atoms with Crippen molar-refractivity contribution in [3.8, 4) is 6.07 Å². The van der Waals surface area contributed by atoms with E-state index < -0.39 is 10.0 Å². The van der Waals surface area contributed by atoms with Crippen molar-refractivity contribution in [2.45, 2.75) is 12.7 Å². The molecule has 108 valence electrons. The Morgan fingerprint density at radius 1 is 1.14 bits per heavy atom. The first-order chi connectivity index (χ1) is 10.1.